The molecule has 140 valence electrons. The van der Waals surface area contributed by atoms with Gasteiger partial charge in [-0.05, 0) is 31.0 Å². The Morgan fingerprint density at radius 2 is 1.85 bits per heavy atom. The highest BCUT2D eigenvalue weighted by Crippen LogP contribution is 2.24. The van der Waals surface area contributed by atoms with Crippen LogP contribution >= 0.6 is 11.6 Å². The molecule has 9 heteroatoms. The van der Waals surface area contributed by atoms with Crippen LogP contribution in [0, 0.1) is 24.4 Å². The van der Waals surface area contributed by atoms with Gasteiger partial charge in [0.1, 0.15) is 16.7 Å². The maximum atomic E-state index is 14.0. The molecule has 0 aliphatic carbocycles. The number of hydrogen-bond acceptors (Lipinski definition) is 4. The van der Waals surface area contributed by atoms with E-state index in [0.717, 1.165) is 6.07 Å². The summed E-state index contributed by atoms with van der Waals surface area (Å²) in [5.41, 5.74) is 0.563. The van der Waals surface area contributed by atoms with Crippen molar-refractivity contribution < 1.29 is 13.2 Å². The monoisotopic (exact) mass is 394 g/mol. The number of pyridine rings is 1. The molecule has 0 spiro atoms. The third kappa shape index (κ3) is 4.28. The van der Waals surface area contributed by atoms with Gasteiger partial charge < -0.3 is 10.3 Å². The summed E-state index contributed by atoms with van der Waals surface area (Å²) in [6.45, 7) is 2.06. The Morgan fingerprint density at radius 3 is 2.63 bits per heavy atom. The van der Waals surface area contributed by atoms with Gasteiger partial charge >= 0.3 is 0 Å². The lowest BCUT2D eigenvalue weighted by molar-refractivity contribution is 0.496. The van der Waals surface area contributed by atoms with Crippen LogP contribution in [-0.2, 0) is 6.42 Å². The maximum absolute atomic E-state index is 14.0. The predicted molar refractivity (Wildman–Crippen MR) is 96.3 cm³/mol. The van der Waals surface area contributed by atoms with Crippen LogP contribution < -0.4 is 10.9 Å². The molecule has 0 fully saturated rings. The zero-order valence-corrected chi connectivity index (χ0v) is 14.9. The van der Waals surface area contributed by atoms with Crippen molar-refractivity contribution in [1.29, 1.82) is 0 Å². The van der Waals surface area contributed by atoms with Crippen LogP contribution in [0.5, 0.6) is 0 Å². The molecule has 0 aliphatic rings. The van der Waals surface area contributed by atoms with E-state index in [-0.39, 0.29) is 22.0 Å². The van der Waals surface area contributed by atoms with E-state index in [1.54, 1.807) is 19.1 Å². The predicted octanol–water partition coefficient (Wildman–Crippen LogP) is 3.87. The molecule has 3 aromatic rings. The van der Waals surface area contributed by atoms with Gasteiger partial charge in [0.25, 0.3) is 5.56 Å². The lowest BCUT2D eigenvalue weighted by Crippen LogP contribution is -2.12. The molecule has 2 heterocycles. The van der Waals surface area contributed by atoms with Crippen LogP contribution in [-0.4, -0.2) is 21.5 Å². The molecule has 2 aromatic heterocycles. The highest BCUT2D eigenvalue weighted by atomic mass is 35.5. The second-order valence-electron chi connectivity index (χ2n) is 5.79. The Balaban J connectivity index is 1.81. The van der Waals surface area contributed by atoms with Gasteiger partial charge in [0.15, 0.2) is 17.5 Å². The third-order valence-corrected chi connectivity index (χ3v) is 4.20. The van der Waals surface area contributed by atoms with Crippen molar-refractivity contribution in [1.82, 2.24) is 15.0 Å². The Hall–Kier alpha value is -2.87. The normalized spacial score (nSPS) is 10.9. The number of aromatic amines is 1. The van der Waals surface area contributed by atoms with Gasteiger partial charge in [-0.2, -0.15) is 0 Å². The lowest BCUT2D eigenvalue weighted by Gasteiger charge is -2.10. The number of aromatic nitrogens is 3. The summed E-state index contributed by atoms with van der Waals surface area (Å²) in [6.07, 6.45) is 1.95. The first-order chi connectivity index (χ1) is 12.8. The van der Waals surface area contributed by atoms with E-state index in [2.05, 4.69) is 20.3 Å². The summed E-state index contributed by atoms with van der Waals surface area (Å²) in [5, 5.41) is 3.14. The highest BCUT2D eigenvalue weighted by molar-refractivity contribution is 6.31. The van der Waals surface area contributed by atoms with Crippen molar-refractivity contribution in [2.75, 3.05) is 11.9 Å². The van der Waals surface area contributed by atoms with Gasteiger partial charge in [-0.1, -0.05) is 11.6 Å². The summed E-state index contributed by atoms with van der Waals surface area (Å²) >= 11 is 5.95. The van der Waals surface area contributed by atoms with Crippen LogP contribution in [0.2, 0.25) is 5.02 Å². The second kappa shape index (κ2) is 7.79. The van der Waals surface area contributed by atoms with Crippen LogP contribution in [0.4, 0.5) is 19.0 Å². The van der Waals surface area contributed by atoms with Gasteiger partial charge in [-0.3, -0.25) is 4.79 Å². The van der Waals surface area contributed by atoms with Crippen molar-refractivity contribution in [3.8, 4) is 11.4 Å². The third-order valence-electron chi connectivity index (χ3n) is 3.79. The molecule has 0 radical (unpaired) electrons. The number of halogens is 4. The number of rotatable bonds is 5. The zero-order chi connectivity index (χ0) is 19.6. The highest BCUT2D eigenvalue weighted by Gasteiger charge is 2.15. The molecule has 27 heavy (non-hydrogen) atoms. The van der Waals surface area contributed by atoms with Gasteiger partial charge in [-0.25, -0.2) is 23.1 Å². The van der Waals surface area contributed by atoms with Gasteiger partial charge in [-0.15, -0.1) is 0 Å². The number of anilines is 1. The number of nitrogens with one attached hydrogen (secondary N) is 2. The average Bonchev–Trinajstić information content (AvgIpc) is 2.61. The second-order valence-corrected chi connectivity index (χ2v) is 6.17. The molecule has 3 rings (SSSR count). The van der Waals surface area contributed by atoms with Crippen molar-refractivity contribution in [2.45, 2.75) is 13.3 Å². The van der Waals surface area contributed by atoms with Crippen LogP contribution in [0.1, 0.15) is 11.3 Å². The van der Waals surface area contributed by atoms with E-state index < -0.39 is 17.5 Å². The number of H-pyrrole nitrogens is 1. The molecule has 0 amide bonds. The van der Waals surface area contributed by atoms with E-state index in [0.29, 0.717) is 36.1 Å². The van der Waals surface area contributed by atoms with Crippen molar-refractivity contribution in [2.24, 2.45) is 0 Å². The van der Waals surface area contributed by atoms with Gasteiger partial charge in [0, 0.05) is 30.6 Å². The molecular weight excluding hydrogens is 381 g/mol. The molecule has 0 saturated heterocycles. The Labute approximate surface area is 157 Å². The van der Waals surface area contributed by atoms with E-state index in [1.165, 1.54) is 6.20 Å². The first-order valence-corrected chi connectivity index (χ1v) is 8.33. The zero-order valence-electron chi connectivity index (χ0n) is 14.1. The van der Waals surface area contributed by atoms with E-state index in [4.69, 9.17) is 11.6 Å². The molecule has 5 nitrogen and oxygen atoms in total. The number of hydrogen-bond donors (Lipinski definition) is 2. The smallest absolute Gasteiger partial charge is 0.266 e. The number of nitrogens with zero attached hydrogens (tertiary/aromatic N) is 2. The van der Waals surface area contributed by atoms with Crippen molar-refractivity contribution >= 4 is 17.4 Å². The minimum atomic E-state index is -1.28. The number of benzene rings is 1. The van der Waals surface area contributed by atoms with Crippen molar-refractivity contribution in [3.63, 3.8) is 0 Å². The summed E-state index contributed by atoms with van der Waals surface area (Å²) in [4.78, 5) is 22.2. The van der Waals surface area contributed by atoms with Crippen LogP contribution in [0.15, 0.2) is 35.3 Å². The first-order valence-electron chi connectivity index (χ1n) is 7.95. The lowest BCUT2D eigenvalue weighted by atomic mass is 10.1. The standard InChI is InChI=1S/C18H14ClF3N4O/c1-9-6-15(23-4-2-10-3-5-24-18(27)16(10)19)26-17(25-9)11-7-13(21)14(22)8-12(11)20/h3,5-8H,2,4H2,1H3,(H,24,27)(H,23,25,26). The summed E-state index contributed by atoms with van der Waals surface area (Å²) in [6, 6.07) is 4.50. The fourth-order valence-electron chi connectivity index (χ4n) is 2.49. The Bertz CT molecular complexity index is 1060. The molecule has 0 aliphatic heterocycles. The van der Waals surface area contributed by atoms with E-state index in [1.807, 2.05) is 0 Å². The topological polar surface area (TPSA) is 70.7 Å². The molecular formula is C18H14ClF3N4O. The first kappa shape index (κ1) is 18.9. The largest absolute Gasteiger partial charge is 0.370 e. The molecule has 0 saturated carbocycles. The summed E-state index contributed by atoms with van der Waals surface area (Å²) in [7, 11) is 0. The van der Waals surface area contributed by atoms with Gasteiger partial charge in [0.05, 0.1) is 5.56 Å². The SMILES string of the molecule is Cc1cc(NCCc2cc[nH]c(=O)c2Cl)nc(-c2cc(F)c(F)cc2F)n1. The minimum Gasteiger partial charge on any atom is -0.370 e. The quantitative estimate of drug-likeness (QED) is 0.644. The molecule has 2 N–H and O–H groups in total. The fourth-order valence-corrected chi connectivity index (χ4v) is 2.70. The Morgan fingerprint density at radius 1 is 1.11 bits per heavy atom. The average molecular weight is 395 g/mol. The van der Waals surface area contributed by atoms with Crippen LogP contribution in [0.25, 0.3) is 11.4 Å². The van der Waals surface area contributed by atoms with E-state index >= 15 is 0 Å². The fraction of sp³-hybridized carbons (Fsp3) is 0.167. The minimum absolute atomic E-state index is 0.0666. The summed E-state index contributed by atoms with van der Waals surface area (Å²) < 4.78 is 40.6. The van der Waals surface area contributed by atoms with Gasteiger partial charge in [0.2, 0.25) is 0 Å². The maximum Gasteiger partial charge on any atom is 0.266 e. The van der Waals surface area contributed by atoms with Crippen LogP contribution in [0.3, 0.4) is 0 Å². The van der Waals surface area contributed by atoms with Crippen molar-refractivity contribution in [3.05, 3.63) is 74.5 Å². The molecule has 0 atom stereocenters. The Kier molecular flexibility index (Phi) is 5.46. The number of aryl methyl sites for hydroxylation is 1. The summed E-state index contributed by atoms with van der Waals surface area (Å²) in [5.74, 6) is -3.11. The molecule has 0 unspecified atom stereocenters. The molecule has 0 bridgehead atoms. The molecule has 1 aromatic carbocycles. The van der Waals surface area contributed by atoms with E-state index in [9.17, 15) is 18.0 Å².